The monoisotopic (exact) mass is 1130 g/mol. The lowest BCUT2D eigenvalue weighted by Gasteiger charge is -2.51. The largest absolute Gasteiger partial charge is 0.394 e. The summed E-state index contributed by atoms with van der Waals surface area (Å²) in [6, 6.07) is 0. The molecule has 21 heterocycles. The van der Waals surface area contributed by atoms with Crippen molar-refractivity contribution >= 4 is 0 Å². The van der Waals surface area contributed by atoms with E-state index in [1.54, 1.807) is 20.8 Å². The van der Waals surface area contributed by atoms with Crippen LogP contribution in [0.15, 0.2) is 0 Å². The van der Waals surface area contributed by atoms with Gasteiger partial charge in [0, 0.05) is 17.8 Å². The first-order valence-electron chi connectivity index (χ1n) is 25.9. The van der Waals surface area contributed by atoms with Gasteiger partial charge in [0.2, 0.25) is 0 Å². The molecule has 0 saturated carbocycles. The highest BCUT2D eigenvalue weighted by Crippen LogP contribution is 2.42. The highest BCUT2D eigenvalue weighted by molar-refractivity contribution is 5.01. The summed E-state index contributed by atoms with van der Waals surface area (Å²) in [5.74, 6) is -3.02. The van der Waals surface area contributed by atoms with E-state index in [2.05, 4.69) is 0 Å². The second-order valence-electron chi connectivity index (χ2n) is 21.1. The zero-order valence-electron chi connectivity index (χ0n) is 42.5. The van der Waals surface area contributed by atoms with Crippen LogP contribution in [0.3, 0.4) is 0 Å². The molecule has 0 amide bonds. The van der Waals surface area contributed by atoms with Gasteiger partial charge in [-0.1, -0.05) is 27.7 Å². The van der Waals surface area contributed by atoms with Gasteiger partial charge in [-0.05, 0) is 5.92 Å². The van der Waals surface area contributed by atoms with Gasteiger partial charge < -0.3 is 153 Å². The van der Waals surface area contributed by atoms with Crippen molar-refractivity contribution in [3.8, 4) is 0 Å². The van der Waals surface area contributed by atoms with Crippen LogP contribution in [-0.2, 0) is 66.3 Å². The molecule has 21 aliphatic heterocycles. The Kier molecular flexibility index (Phi) is 21.0. The minimum Gasteiger partial charge on any atom is -0.394 e. The maximum absolute atomic E-state index is 11.7. The van der Waals surface area contributed by atoms with Crippen molar-refractivity contribution < 1.29 is 153 Å². The Bertz CT molecular complexity index is 1470. The summed E-state index contributed by atoms with van der Waals surface area (Å²) in [5, 5.41) is 188. The molecule has 31 nitrogen and oxygen atoms in total. The van der Waals surface area contributed by atoms with Crippen molar-refractivity contribution in [2.45, 2.75) is 218 Å². The standard InChI is InChI=1S/C46H78O31/c1-12-13(2)40-64-16(5-47)33(12)71-41-15(4)23(54)35(18(7-49)65-41)73-43-29(60)26(57)37(20(9-51)67-43)75-45-31(62)28(59)39(22(11-53)69-45)77-46-32(63)27(58)38(21(10-52)70-46)76-44-30(61)25(56)36(19(8-50)68-44)74-42-24(55)14(3)34(72-40)17(6-48)66-42/h12-63H,5-11H2,1-4H3. The summed E-state index contributed by atoms with van der Waals surface area (Å²) in [4.78, 5) is 0. The van der Waals surface area contributed by atoms with Crippen LogP contribution in [0.1, 0.15) is 27.7 Å². The maximum Gasteiger partial charge on any atom is 0.187 e. The molecule has 14 bridgehead atoms. The third kappa shape index (κ3) is 12.1. The molecule has 77 heavy (non-hydrogen) atoms. The van der Waals surface area contributed by atoms with Crippen LogP contribution in [0.4, 0.5) is 0 Å². The summed E-state index contributed by atoms with van der Waals surface area (Å²) in [7, 11) is 0. The molecule has 0 radical (unpaired) electrons. The van der Waals surface area contributed by atoms with E-state index < -0.39 is 260 Å². The number of ether oxygens (including phenoxy) is 14. The van der Waals surface area contributed by atoms with Crippen LogP contribution in [0.5, 0.6) is 0 Å². The quantitative estimate of drug-likeness (QED) is 0.113. The highest BCUT2D eigenvalue weighted by Gasteiger charge is 2.58. The average molecular weight is 1130 g/mol. The van der Waals surface area contributed by atoms with E-state index >= 15 is 0 Å². The summed E-state index contributed by atoms with van der Waals surface area (Å²) < 4.78 is 83.5. The average Bonchev–Trinajstić information content (AvgIpc) is 3.47. The van der Waals surface area contributed by atoms with E-state index in [4.69, 9.17) is 66.3 Å². The van der Waals surface area contributed by atoms with E-state index in [0.717, 1.165) is 0 Å². The minimum absolute atomic E-state index is 0.528. The van der Waals surface area contributed by atoms with Gasteiger partial charge in [-0.2, -0.15) is 0 Å². The highest BCUT2D eigenvalue weighted by atomic mass is 16.8. The predicted octanol–water partition coefficient (Wildman–Crippen LogP) is -10.1. The Morgan fingerprint density at radius 2 is 0.403 bits per heavy atom. The first-order chi connectivity index (χ1) is 36.7. The molecular formula is C46H78O31. The van der Waals surface area contributed by atoms with Crippen LogP contribution in [0, 0.1) is 23.7 Å². The van der Waals surface area contributed by atoms with Gasteiger partial charge in [0.25, 0.3) is 0 Å². The smallest absolute Gasteiger partial charge is 0.187 e. The molecule has 448 valence electrons. The number of hydrogen-bond donors (Lipinski definition) is 17. The molecule has 0 aromatic heterocycles. The predicted molar refractivity (Wildman–Crippen MR) is 241 cm³/mol. The third-order valence-electron chi connectivity index (χ3n) is 16.3. The summed E-state index contributed by atoms with van der Waals surface area (Å²) in [6.45, 7) is 0.601. The maximum atomic E-state index is 11.7. The van der Waals surface area contributed by atoms with E-state index in [9.17, 15) is 86.8 Å². The lowest BCUT2D eigenvalue weighted by atomic mass is 9.83. The first kappa shape index (κ1) is 61.8. The van der Waals surface area contributed by atoms with Gasteiger partial charge in [-0.25, -0.2) is 0 Å². The van der Waals surface area contributed by atoms with Gasteiger partial charge in [-0.3, -0.25) is 0 Å². The van der Waals surface area contributed by atoms with E-state index in [-0.39, 0.29) is 0 Å². The molecule has 35 atom stereocenters. The molecule has 21 fully saturated rings. The molecular weight excluding hydrogens is 1050 g/mol. The first-order valence-corrected chi connectivity index (χ1v) is 25.9. The molecule has 31 heteroatoms. The summed E-state index contributed by atoms with van der Waals surface area (Å²) in [5.41, 5.74) is 0. The summed E-state index contributed by atoms with van der Waals surface area (Å²) >= 11 is 0. The zero-order chi connectivity index (χ0) is 56.1. The third-order valence-corrected chi connectivity index (χ3v) is 16.3. The fraction of sp³-hybridized carbons (Fsp3) is 1.00. The van der Waals surface area contributed by atoms with Gasteiger partial charge in [-0.15, -0.1) is 0 Å². The molecule has 21 rings (SSSR count). The van der Waals surface area contributed by atoms with Gasteiger partial charge in [0.15, 0.2) is 44.0 Å². The number of rotatable bonds is 7. The molecule has 21 saturated heterocycles. The van der Waals surface area contributed by atoms with Gasteiger partial charge in [0.05, 0.1) is 64.6 Å². The van der Waals surface area contributed by atoms with Gasteiger partial charge >= 0.3 is 0 Å². The van der Waals surface area contributed by atoms with Crippen molar-refractivity contribution in [1.29, 1.82) is 0 Å². The van der Waals surface area contributed by atoms with Crippen molar-refractivity contribution in [3.63, 3.8) is 0 Å². The topological polar surface area (TPSA) is 473 Å². The lowest BCUT2D eigenvalue weighted by molar-refractivity contribution is -0.395. The summed E-state index contributed by atoms with van der Waals surface area (Å²) in [6.07, 6.45) is -52.6. The van der Waals surface area contributed by atoms with E-state index in [1.807, 2.05) is 0 Å². The second kappa shape index (κ2) is 26.1. The van der Waals surface area contributed by atoms with Crippen LogP contribution in [0.2, 0.25) is 0 Å². The van der Waals surface area contributed by atoms with Crippen molar-refractivity contribution in [3.05, 3.63) is 0 Å². The molecule has 0 spiro atoms. The van der Waals surface area contributed by atoms with Crippen LogP contribution >= 0.6 is 0 Å². The second-order valence-corrected chi connectivity index (χ2v) is 21.1. The number of hydrogen-bond acceptors (Lipinski definition) is 31. The molecule has 35 unspecified atom stereocenters. The van der Waals surface area contributed by atoms with Crippen LogP contribution < -0.4 is 0 Å². The molecule has 0 aliphatic carbocycles. The Morgan fingerprint density at radius 3 is 0.688 bits per heavy atom. The van der Waals surface area contributed by atoms with E-state index in [0.29, 0.717) is 0 Å². The Hall–Kier alpha value is -1.24. The molecule has 0 aromatic rings. The zero-order valence-corrected chi connectivity index (χ0v) is 42.5. The lowest BCUT2D eigenvalue weighted by Crippen LogP contribution is -2.68. The Morgan fingerprint density at radius 1 is 0.195 bits per heavy atom. The number of aliphatic hydroxyl groups excluding tert-OH is 17. The molecule has 17 N–H and O–H groups in total. The molecule has 0 aromatic carbocycles. The Labute approximate surface area is 440 Å². The SMILES string of the molecule is CC1C2OC(CO)C(OC3OC(CO)C(OC4OC(CO)C(OC5OC(CO)C(OC6OC(CO)C(OC7OC(CO)C(OC8OC(CO)C(O2)C(C)C8O)C(O)C7O)C(O)C6O)C(O)C5O)C(O)C4O)C(O)C3C)C1C. The van der Waals surface area contributed by atoms with Crippen LogP contribution in [0.25, 0.3) is 0 Å². The van der Waals surface area contributed by atoms with Crippen LogP contribution in [-0.4, -0.2) is 324 Å². The minimum atomic E-state index is -2.14. The Balaban J connectivity index is 1.08. The fourth-order valence-corrected chi connectivity index (χ4v) is 11.3. The van der Waals surface area contributed by atoms with Crippen molar-refractivity contribution in [2.75, 3.05) is 46.2 Å². The van der Waals surface area contributed by atoms with Gasteiger partial charge in [0.1, 0.15) is 128 Å². The molecule has 21 aliphatic rings. The van der Waals surface area contributed by atoms with E-state index in [1.165, 1.54) is 6.92 Å². The fourth-order valence-electron chi connectivity index (χ4n) is 11.3. The van der Waals surface area contributed by atoms with Crippen molar-refractivity contribution in [1.82, 2.24) is 0 Å². The van der Waals surface area contributed by atoms with Crippen molar-refractivity contribution in [2.24, 2.45) is 23.7 Å². The normalized spacial score (nSPS) is 55.4. The number of aliphatic hydroxyl groups is 17.